The number of methoxy groups -OCH3 is 1. The van der Waals surface area contributed by atoms with Crippen LogP contribution in [0.15, 0.2) is 71.8 Å². The third-order valence-corrected chi connectivity index (χ3v) is 4.39. The number of rotatable bonds is 8. The predicted molar refractivity (Wildman–Crippen MR) is 117 cm³/mol. The number of nitrogens with zero attached hydrogens (tertiary/aromatic N) is 1. The molecule has 0 saturated heterocycles. The molecular formula is C23H18ClFN2O5. The van der Waals surface area contributed by atoms with Gasteiger partial charge >= 0.3 is 5.97 Å². The fraction of sp³-hybridized carbons (Fsp3) is 0.0870. The number of halogens is 2. The van der Waals surface area contributed by atoms with Crippen molar-refractivity contribution in [1.82, 2.24) is 5.43 Å². The maximum absolute atomic E-state index is 13.8. The average Bonchev–Trinajstić information content (AvgIpc) is 2.79. The van der Waals surface area contributed by atoms with Crippen molar-refractivity contribution in [3.05, 3.63) is 88.7 Å². The van der Waals surface area contributed by atoms with Gasteiger partial charge in [0, 0.05) is 0 Å². The molecule has 3 aromatic rings. The molecule has 0 aliphatic rings. The lowest BCUT2D eigenvalue weighted by molar-refractivity contribution is -0.123. The number of carbonyl (C=O) groups is 2. The number of para-hydroxylation sites is 1. The van der Waals surface area contributed by atoms with Gasteiger partial charge in [-0.2, -0.15) is 5.10 Å². The van der Waals surface area contributed by atoms with Gasteiger partial charge in [-0.05, 0) is 48.0 Å². The van der Waals surface area contributed by atoms with Crippen molar-refractivity contribution in [1.29, 1.82) is 0 Å². The van der Waals surface area contributed by atoms with Gasteiger partial charge in [0.05, 0.1) is 23.9 Å². The molecule has 0 unspecified atom stereocenters. The van der Waals surface area contributed by atoms with E-state index in [-0.39, 0.29) is 23.7 Å². The van der Waals surface area contributed by atoms with E-state index in [0.29, 0.717) is 16.3 Å². The predicted octanol–water partition coefficient (Wildman–Crippen LogP) is 4.24. The zero-order valence-corrected chi connectivity index (χ0v) is 17.6. The molecule has 0 heterocycles. The lowest BCUT2D eigenvalue weighted by atomic mass is 10.2. The van der Waals surface area contributed by atoms with E-state index in [1.807, 2.05) is 0 Å². The summed E-state index contributed by atoms with van der Waals surface area (Å²) in [6, 6.07) is 16.9. The van der Waals surface area contributed by atoms with Crippen molar-refractivity contribution >= 4 is 29.7 Å². The maximum atomic E-state index is 13.8. The van der Waals surface area contributed by atoms with Crippen LogP contribution in [0.1, 0.15) is 15.9 Å². The Labute approximate surface area is 188 Å². The zero-order chi connectivity index (χ0) is 22.9. The van der Waals surface area contributed by atoms with E-state index >= 15 is 0 Å². The highest BCUT2D eigenvalue weighted by atomic mass is 35.5. The molecular weight excluding hydrogens is 439 g/mol. The van der Waals surface area contributed by atoms with Gasteiger partial charge in [0.15, 0.2) is 18.1 Å². The Bertz CT molecular complexity index is 1150. The van der Waals surface area contributed by atoms with E-state index in [2.05, 4.69) is 10.5 Å². The highest BCUT2D eigenvalue weighted by Crippen LogP contribution is 2.28. The summed E-state index contributed by atoms with van der Waals surface area (Å²) in [6.45, 7) is -0.269. The highest BCUT2D eigenvalue weighted by Gasteiger charge is 2.16. The largest absolute Gasteiger partial charge is 0.493 e. The van der Waals surface area contributed by atoms with E-state index in [0.717, 1.165) is 0 Å². The molecule has 0 aliphatic heterocycles. The van der Waals surface area contributed by atoms with Crippen LogP contribution >= 0.6 is 11.6 Å². The van der Waals surface area contributed by atoms with Crippen LogP contribution in [0.4, 0.5) is 4.39 Å². The molecule has 3 aromatic carbocycles. The number of carbonyl (C=O) groups excluding carboxylic acids is 2. The zero-order valence-electron chi connectivity index (χ0n) is 16.9. The summed E-state index contributed by atoms with van der Waals surface area (Å²) in [6.07, 6.45) is 1.37. The minimum Gasteiger partial charge on any atom is -0.493 e. The van der Waals surface area contributed by atoms with E-state index < -0.39 is 17.7 Å². The number of esters is 1. The Kier molecular flexibility index (Phi) is 7.77. The van der Waals surface area contributed by atoms with Crippen molar-refractivity contribution in [2.24, 2.45) is 5.10 Å². The van der Waals surface area contributed by atoms with Crippen molar-refractivity contribution in [2.45, 2.75) is 0 Å². The summed E-state index contributed by atoms with van der Waals surface area (Å²) >= 11 is 5.96. The molecule has 0 aromatic heterocycles. The second kappa shape index (κ2) is 10.9. The van der Waals surface area contributed by atoms with Crippen LogP contribution in [-0.2, 0) is 4.79 Å². The Hall–Kier alpha value is -3.91. The summed E-state index contributed by atoms with van der Waals surface area (Å²) in [5, 5.41) is 4.25. The van der Waals surface area contributed by atoms with Gasteiger partial charge in [0.2, 0.25) is 0 Å². The standard InChI is InChI=1S/C23H18ClFN2O5/c1-30-21-12-15(10-11-20(21)32-23(29)16-6-2-4-8-18(16)25)13-26-27-22(28)14-31-19-9-5-3-7-17(19)24/h2-13H,14H2,1H3,(H,27,28)/b26-13+. The van der Waals surface area contributed by atoms with Crippen molar-refractivity contribution in [3.8, 4) is 17.2 Å². The summed E-state index contributed by atoms with van der Waals surface area (Å²) in [4.78, 5) is 24.1. The quantitative estimate of drug-likeness (QED) is 0.237. The van der Waals surface area contributed by atoms with Crippen LogP contribution in [0, 0.1) is 5.82 Å². The first-order valence-electron chi connectivity index (χ1n) is 9.32. The molecule has 0 saturated carbocycles. The molecule has 0 atom stereocenters. The second-order valence-corrected chi connectivity index (χ2v) is 6.70. The SMILES string of the molecule is COc1cc(/C=N/NC(=O)COc2ccccc2Cl)ccc1OC(=O)c1ccccc1F. The lowest BCUT2D eigenvalue weighted by Gasteiger charge is -2.10. The normalized spacial score (nSPS) is 10.6. The van der Waals surface area contributed by atoms with Crippen molar-refractivity contribution in [2.75, 3.05) is 13.7 Å². The smallest absolute Gasteiger partial charge is 0.346 e. The number of hydrazone groups is 1. The minimum absolute atomic E-state index is 0.107. The van der Waals surface area contributed by atoms with Gasteiger partial charge in [-0.15, -0.1) is 0 Å². The van der Waals surface area contributed by atoms with Gasteiger partial charge in [-0.3, -0.25) is 4.79 Å². The van der Waals surface area contributed by atoms with Crippen LogP contribution in [0.5, 0.6) is 17.2 Å². The van der Waals surface area contributed by atoms with Crippen LogP contribution in [0.3, 0.4) is 0 Å². The van der Waals surface area contributed by atoms with E-state index in [9.17, 15) is 14.0 Å². The average molecular weight is 457 g/mol. The number of benzene rings is 3. The second-order valence-electron chi connectivity index (χ2n) is 6.29. The highest BCUT2D eigenvalue weighted by molar-refractivity contribution is 6.32. The Morgan fingerprint density at radius 3 is 2.53 bits per heavy atom. The van der Waals surface area contributed by atoms with Crippen LogP contribution in [0.2, 0.25) is 5.02 Å². The molecule has 0 bridgehead atoms. The third kappa shape index (κ3) is 6.05. The lowest BCUT2D eigenvalue weighted by Crippen LogP contribution is -2.24. The molecule has 0 fully saturated rings. The molecule has 1 N–H and O–H groups in total. The van der Waals surface area contributed by atoms with Gasteiger partial charge in [-0.1, -0.05) is 35.9 Å². The fourth-order valence-corrected chi connectivity index (χ4v) is 2.74. The Morgan fingerprint density at radius 2 is 1.78 bits per heavy atom. The molecule has 0 radical (unpaired) electrons. The molecule has 7 nitrogen and oxygen atoms in total. The van der Waals surface area contributed by atoms with E-state index in [1.165, 1.54) is 43.7 Å². The number of nitrogens with one attached hydrogen (secondary N) is 1. The Balaban J connectivity index is 1.58. The summed E-state index contributed by atoms with van der Waals surface area (Å²) < 4.78 is 29.6. The van der Waals surface area contributed by atoms with Crippen molar-refractivity contribution < 1.29 is 28.2 Å². The molecule has 164 valence electrons. The van der Waals surface area contributed by atoms with E-state index in [1.54, 1.807) is 36.4 Å². The minimum atomic E-state index is -0.853. The topological polar surface area (TPSA) is 86.2 Å². The summed E-state index contributed by atoms with van der Waals surface area (Å²) in [7, 11) is 1.39. The summed E-state index contributed by atoms with van der Waals surface area (Å²) in [5.74, 6) is -1.30. The number of amides is 1. The van der Waals surface area contributed by atoms with Gasteiger partial charge in [0.1, 0.15) is 11.6 Å². The first-order valence-corrected chi connectivity index (χ1v) is 9.69. The van der Waals surface area contributed by atoms with E-state index in [4.69, 9.17) is 25.8 Å². The first-order chi connectivity index (χ1) is 15.5. The number of hydrogen-bond acceptors (Lipinski definition) is 6. The molecule has 0 spiro atoms. The fourth-order valence-electron chi connectivity index (χ4n) is 2.55. The first kappa shape index (κ1) is 22.8. The molecule has 3 rings (SSSR count). The molecule has 0 aliphatic carbocycles. The number of ether oxygens (including phenoxy) is 3. The van der Waals surface area contributed by atoms with Gasteiger partial charge in [-0.25, -0.2) is 14.6 Å². The maximum Gasteiger partial charge on any atom is 0.346 e. The number of hydrogen-bond donors (Lipinski definition) is 1. The monoisotopic (exact) mass is 456 g/mol. The van der Waals surface area contributed by atoms with Crippen molar-refractivity contribution in [3.63, 3.8) is 0 Å². The van der Waals surface area contributed by atoms with Gasteiger partial charge < -0.3 is 14.2 Å². The van der Waals surface area contributed by atoms with Crippen LogP contribution in [0.25, 0.3) is 0 Å². The molecule has 9 heteroatoms. The van der Waals surface area contributed by atoms with Crippen LogP contribution in [-0.4, -0.2) is 31.8 Å². The molecule has 1 amide bonds. The molecule has 32 heavy (non-hydrogen) atoms. The Morgan fingerprint density at radius 1 is 1.03 bits per heavy atom. The summed E-state index contributed by atoms with van der Waals surface area (Å²) in [5.41, 5.74) is 2.69. The van der Waals surface area contributed by atoms with Crippen LogP contribution < -0.4 is 19.6 Å². The van der Waals surface area contributed by atoms with Gasteiger partial charge in [0.25, 0.3) is 5.91 Å². The third-order valence-electron chi connectivity index (χ3n) is 4.08.